The number of benzene rings is 2. The predicted molar refractivity (Wildman–Crippen MR) is 112 cm³/mol. The highest BCUT2D eigenvalue weighted by molar-refractivity contribution is 6.32. The SMILES string of the molecule is COc1cc(/C=C(\C#N)C(=O)Nc2ccc(C)cc2C)cc(Cl)c1OC(C)C. The van der Waals surface area contributed by atoms with Crippen molar-refractivity contribution in [2.45, 2.75) is 33.8 Å². The molecule has 1 amide bonds. The number of aryl methyl sites for hydroxylation is 2. The average molecular weight is 399 g/mol. The van der Waals surface area contributed by atoms with Gasteiger partial charge in [-0.05, 0) is 63.1 Å². The van der Waals surface area contributed by atoms with Gasteiger partial charge in [0.2, 0.25) is 0 Å². The molecule has 0 aliphatic heterocycles. The lowest BCUT2D eigenvalue weighted by molar-refractivity contribution is -0.112. The number of rotatable bonds is 6. The molecule has 0 bridgehead atoms. The molecule has 0 heterocycles. The van der Waals surface area contributed by atoms with E-state index in [1.165, 1.54) is 13.2 Å². The standard InChI is InChI=1S/C22H23ClN2O3/c1-13(2)28-21-18(23)10-16(11-20(21)27-5)9-17(12-24)22(26)25-19-7-6-14(3)8-15(19)4/h6-11,13H,1-5H3,(H,25,26)/b17-9+. The van der Waals surface area contributed by atoms with Gasteiger partial charge in [-0.2, -0.15) is 5.26 Å². The minimum Gasteiger partial charge on any atom is -0.493 e. The topological polar surface area (TPSA) is 71.3 Å². The van der Waals surface area contributed by atoms with Crippen LogP contribution in [-0.4, -0.2) is 19.1 Å². The van der Waals surface area contributed by atoms with Crippen LogP contribution in [0, 0.1) is 25.2 Å². The largest absolute Gasteiger partial charge is 0.493 e. The number of hydrogen-bond donors (Lipinski definition) is 1. The molecule has 2 aromatic carbocycles. The van der Waals surface area contributed by atoms with E-state index in [1.54, 1.807) is 12.1 Å². The second-order valence-corrected chi connectivity index (χ2v) is 7.05. The molecule has 0 aromatic heterocycles. The van der Waals surface area contributed by atoms with E-state index in [1.807, 2.05) is 52.0 Å². The van der Waals surface area contributed by atoms with Gasteiger partial charge in [-0.3, -0.25) is 4.79 Å². The van der Waals surface area contributed by atoms with Crippen molar-refractivity contribution in [2.24, 2.45) is 0 Å². The molecule has 0 fully saturated rings. The zero-order valence-corrected chi connectivity index (χ0v) is 17.3. The predicted octanol–water partition coefficient (Wildman–Crippen LogP) is 5.30. The van der Waals surface area contributed by atoms with E-state index in [9.17, 15) is 10.1 Å². The van der Waals surface area contributed by atoms with Crippen molar-refractivity contribution in [1.82, 2.24) is 0 Å². The monoisotopic (exact) mass is 398 g/mol. The fourth-order valence-corrected chi connectivity index (χ4v) is 2.90. The van der Waals surface area contributed by atoms with Crippen LogP contribution in [-0.2, 0) is 4.79 Å². The molecule has 28 heavy (non-hydrogen) atoms. The molecule has 6 heteroatoms. The summed E-state index contributed by atoms with van der Waals surface area (Å²) in [7, 11) is 1.50. The molecule has 0 spiro atoms. The smallest absolute Gasteiger partial charge is 0.266 e. The Morgan fingerprint density at radius 2 is 1.96 bits per heavy atom. The van der Waals surface area contributed by atoms with E-state index in [0.717, 1.165) is 11.1 Å². The molecule has 0 saturated carbocycles. The van der Waals surface area contributed by atoms with Gasteiger partial charge in [-0.25, -0.2) is 0 Å². The van der Waals surface area contributed by atoms with Crippen molar-refractivity contribution in [1.29, 1.82) is 5.26 Å². The lowest BCUT2D eigenvalue weighted by Crippen LogP contribution is -2.14. The molecule has 0 atom stereocenters. The average Bonchev–Trinajstić information content (AvgIpc) is 2.63. The van der Waals surface area contributed by atoms with Crippen molar-refractivity contribution in [3.63, 3.8) is 0 Å². The maximum Gasteiger partial charge on any atom is 0.266 e. The van der Waals surface area contributed by atoms with Crippen molar-refractivity contribution < 1.29 is 14.3 Å². The summed E-state index contributed by atoms with van der Waals surface area (Å²) in [5.41, 5.74) is 3.19. The number of carbonyl (C=O) groups is 1. The van der Waals surface area contributed by atoms with Crippen molar-refractivity contribution >= 4 is 29.3 Å². The Labute approximate surface area is 170 Å². The highest BCUT2D eigenvalue weighted by atomic mass is 35.5. The van der Waals surface area contributed by atoms with Gasteiger partial charge in [-0.15, -0.1) is 0 Å². The van der Waals surface area contributed by atoms with Gasteiger partial charge in [0.25, 0.3) is 5.91 Å². The summed E-state index contributed by atoms with van der Waals surface area (Å²) in [6, 6.07) is 10.9. The Hall–Kier alpha value is -2.97. The summed E-state index contributed by atoms with van der Waals surface area (Å²) in [4.78, 5) is 12.5. The fraction of sp³-hybridized carbons (Fsp3) is 0.273. The van der Waals surface area contributed by atoms with Crippen LogP contribution in [0.25, 0.3) is 6.08 Å². The van der Waals surface area contributed by atoms with Gasteiger partial charge in [-0.1, -0.05) is 29.3 Å². The summed E-state index contributed by atoms with van der Waals surface area (Å²) in [5.74, 6) is 0.362. The zero-order valence-electron chi connectivity index (χ0n) is 16.6. The van der Waals surface area contributed by atoms with Gasteiger partial charge >= 0.3 is 0 Å². The second kappa shape index (κ2) is 9.29. The Bertz CT molecular complexity index is 959. The first kappa shape index (κ1) is 21.3. The minimum atomic E-state index is -0.493. The van der Waals surface area contributed by atoms with Crippen molar-refractivity contribution in [3.8, 4) is 17.6 Å². The third-order valence-corrected chi connectivity index (χ3v) is 4.19. The number of nitrogens with one attached hydrogen (secondary N) is 1. The Kier molecular flexibility index (Phi) is 7.08. The van der Waals surface area contributed by atoms with E-state index in [2.05, 4.69) is 5.32 Å². The van der Waals surface area contributed by atoms with Gasteiger partial charge in [0, 0.05) is 5.69 Å². The number of hydrogen-bond acceptors (Lipinski definition) is 4. The minimum absolute atomic E-state index is 0.0457. The third kappa shape index (κ3) is 5.28. The second-order valence-electron chi connectivity index (χ2n) is 6.64. The number of carbonyl (C=O) groups excluding carboxylic acids is 1. The summed E-state index contributed by atoms with van der Waals surface area (Å²) >= 11 is 6.31. The van der Waals surface area contributed by atoms with Crippen LogP contribution in [0.1, 0.15) is 30.5 Å². The molecule has 2 rings (SSSR count). The molecular formula is C22H23ClN2O3. The van der Waals surface area contributed by atoms with Crippen LogP contribution >= 0.6 is 11.6 Å². The van der Waals surface area contributed by atoms with E-state index in [4.69, 9.17) is 21.1 Å². The van der Waals surface area contributed by atoms with E-state index < -0.39 is 5.91 Å². The molecular weight excluding hydrogens is 376 g/mol. The first-order chi connectivity index (χ1) is 13.2. The van der Waals surface area contributed by atoms with Gasteiger partial charge in [0.05, 0.1) is 18.2 Å². The van der Waals surface area contributed by atoms with E-state index >= 15 is 0 Å². The van der Waals surface area contributed by atoms with Gasteiger partial charge in [0.15, 0.2) is 11.5 Å². The first-order valence-corrected chi connectivity index (χ1v) is 9.17. The summed E-state index contributed by atoms with van der Waals surface area (Å²) in [6.45, 7) is 7.64. The van der Waals surface area contributed by atoms with Crippen molar-refractivity contribution in [3.05, 3.63) is 57.6 Å². The quantitative estimate of drug-likeness (QED) is 0.529. The Morgan fingerprint density at radius 3 is 2.54 bits per heavy atom. The van der Waals surface area contributed by atoms with Crippen LogP contribution in [0.5, 0.6) is 11.5 Å². The molecule has 0 radical (unpaired) electrons. The number of nitriles is 1. The molecule has 2 aromatic rings. The molecule has 1 N–H and O–H groups in total. The molecule has 0 aliphatic rings. The number of amides is 1. The Morgan fingerprint density at radius 1 is 1.25 bits per heavy atom. The lowest BCUT2D eigenvalue weighted by Gasteiger charge is -2.15. The normalized spacial score (nSPS) is 11.1. The molecule has 5 nitrogen and oxygen atoms in total. The summed E-state index contributed by atoms with van der Waals surface area (Å²) in [6.07, 6.45) is 1.39. The van der Waals surface area contributed by atoms with Crippen LogP contribution in [0.3, 0.4) is 0 Å². The number of ether oxygens (including phenoxy) is 2. The summed E-state index contributed by atoms with van der Waals surface area (Å²) in [5, 5.41) is 12.6. The molecule has 0 saturated heterocycles. The van der Waals surface area contributed by atoms with Gasteiger partial charge < -0.3 is 14.8 Å². The number of methoxy groups -OCH3 is 1. The summed E-state index contributed by atoms with van der Waals surface area (Å²) < 4.78 is 11.0. The number of halogens is 1. The van der Waals surface area contributed by atoms with Crippen LogP contribution in [0.2, 0.25) is 5.02 Å². The van der Waals surface area contributed by atoms with Crippen LogP contribution in [0.4, 0.5) is 5.69 Å². The maximum absolute atomic E-state index is 12.5. The maximum atomic E-state index is 12.5. The van der Waals surface area contributed by atoms with Crippen molar-refractivity contribution in [2.75, 3.05) is 12.4 Å². The van der Waals surface area contributed by atoms with Gasteiger partial charge in [0.1, 0.15) is 11.6 Å². The molecule has 0 aliphatic carbocycles. The number of nitrogens with zero attached hydrogens (tertiary/aromatic N) is 1. The van der Waals surface area contributed by atoms with E-state index in [-0.39, 0.29) is 11.7 Å². The molecule has 0 unspecified atom stereocenters. The third-order valence-electron chi connectivity index (χ3n) is 3.91. The zero-order chi connectivity index (χ0) is 20.8. The highest BCUT2D eigenvalue weighted by Crippen LogP contribution is 2.37. The van der Waals surface area contributed by atoms with Crippen LogP contribution < -0.4 is 14.8 Å². The lowest BCUT2D eigenvalue weighted by atomic mass is 10.1. The number of anilines is 1. The van der Waals surface area contributed by atoms with Crippen LogP contribution in [0.15, 0.2) is 35.9 Å². The highest BCUT2D eigenvalue weighted by Gasteiger charge is 2.15. The molecule has 146 valence electrons. The first-order valence-electron chi connectivity index (χ1n) is 8.79. The Balaban J connectivity index is 2.34. The van der Waals surface area contributed by atoms with E-state index in [0.29, 0.717) is 27.8 Å². The fourth-order valence-electron chi connectivity index (χ4n) is 2.63.